The minimum atomic E-state index is -0.0567. The molecule has 0 aliphatic heterocycles. The van der Waals surface area contributed by atoms with Gasteiger partial charge >= 0.3 is 0 Å². The molecule has 0 saturated carbocycles. The maximum Gasteiger partial charge on any atom is 0.262 e. The zero-order valence-corrected chi connectivity index (χ0v) is 14.1. The van der Waals surface area contributed by atoms with Gasteiger partial charge in [-0.25, -0.2) is 0 Å². The van der Waals surface area contributed by atoms with E-state index >= 15 is 0 Å². The van der Waals surface area contributed by atoms with Crippen molar-refractivity contribution in [1.29, 1.82) is 0 Å². The van der Waals surface area contributed by atoms with Gasteiger partial charge in [0.2, 0.25) is 0 Å². The number of nitrogens with one attached hydrogen (secondary N) is 1. The second-order valence-electron chi connectivity index (χ2n) is 5.35. The summed E-state index contributed by atoms with van der Waals surface area (Å²) >= 11 is 1.41. The Balaban J connectivity index is 2.57. The molecular formula is C16H25N3OS. The van der Waals surface area contributed by atoms with Gasteiger partial charge in [0.05, 0.1) is 6.54 Å². The van der Waals surface area contributed by atoms with Crippen molar-refractivity contribution in [2.24, 2.45) is 5.73 Å². The number of rotatable bonds is 6. The maximum atomic E-state index is 12.2. The van der Waals surface area contributed by atoms with E-state index in [1.54, 1.807) is 0 Å². The smallest absolute Gasteiger partial charge is 0.262 e. The third-order valence-electron chi connectivity index (χ3n) is 3.18. The molecule has 0 fully saturated rings. The maximum absolute atomic E-state index is 12.2. The highest BCUT2D eigenvalue weighted by atomic mass is 32.1. The number of thiophene rings is 1. The van der Waals surface area contributed by atoms with Crippen LogP contribution in [0.15, 0.2) is 11.4 Å². The first-order valence-electron chi connectivity index (χ1n) is 7.27. The molecule has 1 heterocycles. The molecule has 0 unspecified atom stereocenters. The molecule has 5 heteroatoms. The fourth-order valence-corrected chi connectivity index (χ4v) is 2.99. The van der Waals surface area contributed by atoms with Crippen molar-refractivity contribution in [2.45, 2.75) is 39.8 Å². The second kappa shape index (κ2) is 8.83. The third-order valence-corrected chi connectivity index (χ3v) is 4.09. The van der Waals surface area contributed by atoms with Crippen LogP contribution in [0.3, 0.4) is 0 Å². The van der Waals surface area contributed by atoms with E-state index in [0.717, 1.165) is 12.1 Å². The molecule has 21 heavy (non-hydrogen) atoms. The minimum Gasteiger partial charge on any atom is -0.350 e. The molecule has 116 valence electrons. The molecular weight excluding hydrogens is 282 g/mol. The van der Waals surface area contributed by atoms with Crippen molar-refractivity contribution in [1.82, 2.24) is 10.2 Å². The van der Waals surface area contributed by atoms with Gasteiger partial charge in [-0.2, -0.15) is 0 Å². The molecule has 1 aromatic heterocycles. The monoisotopic (exact) mass is 307 g/mol. The van der Waals surface area contributed by atoms with E-state index in [4.69, 9.17) is 5.73 Å². The summed E-state index contributed by atoms with van der Waals surface area (Å²) in [5.41, 5.74) is 6.12. The molecule has 0 spiro atoms. The van der Waals surface area contributed by atoms with Crippen LogP contribution in [0.2, 0.25) is 0 Å². The third kappa shape index (κ3) is 5.50. The quantitative estimate of drug-likeness (QED) is 0.789. The van der Waals surface area contributed by atoms with E-state index < -0.39 is 0 Å². The predicted molar refractivity (Wildman–Crippen MR) is 89.6 cm³/mol. The molecule has 3 N–H and O–H groups in total. The van der Waals surface area contributed by atoms with Crippen LogP contribution in [0.25, 0.3) is 0 Å². The van der Waals surface area contributed by atoms with Gasteiger partial charge in [0.15, 0.2) is 0 Å². The fourth-order valence-electron chi connectivity index (χ4n) is 2.22. The highest BCUT2D eigenvalue weighted by molar-refractivity contribution is 7.12. The van der Waals surface area contributed by atoms with Crippen LogP contribution in [0.4, 0.5) is 0 Å². The number of nitrogens with zero attached hydrogens (tertiary/aromatic N) is 1. The van der Waals surface area contributed by atoms with Crippen molar-refractivity contribution in [3.8, 4) is 11.8 Å². The summed E-state index contributed by atoms with van der Waals surface area (Å²) < 4.78 is 0. The molecule has 4 nitrogen and oxygen atoms in total. The molecule has 0 aliphatic carbocycles. The first-order chi connectivity index (χ1) is 9.97. The zero-order chi connectivity index (χ0) is 15.8. The van der Waals surface area contributed by atoms with E-state index in [1.165, 1.54) is 11.3 Å². The highest BCUT2D eigenvalue weighted by Gasteiger charge is 2.15. The van der Waals surface area contributed by atoms with Gasteiger partial charge < -0.3 is 11.1 Å². The van der Waals surface area contributed by atoms with Gasteiger partial charge in [-0.3, -0.25) is 9.69 Å². The lowest BCUT2D eigenvalue weighted by Gasteiger charge is -2.30. The average Bonchev–Trinajstić information content (AvgIpc) is 2.88. The first-order valence-corrected chi connectivity index (χ1v) is 8.15. The van der Waals surface area contributed by atoms with Gasteiger partial charge in [-0.15, -0.1) is 11.3 Å². The molecule has 0 bridgehead atoms. The summed E-state index contributed by atoms with van der Waals surface area (Å²) in [6.07, 6.45) is 0. The van der Waals surface area contributed by atoms with Gasteiger partial charge in [0.1, 0.15) is 4.88 Å². The van der Waals surface area contributed by atoms with E-state index in [1.807, 2.05) is 11.4 Å². The Bertz CT molecular complexity index is 503. The molecule has 0 radical (unpaired) electrons. The summed E-state index contributed by atoms with van der Waals surface area (Å²) in [6.45, 7) is 10.5. The van der Waals surface area contributed by atoms with Crippen LogP contribution >= 0.6 is 11.3 Å². The van der Waals surface area contributed by atoms with E-state index in [9.17, 15) is 4.79 Å². The van der Waals surface area contributed by atoms with Crippen LogP contribution in [0.5, 0.6) is 0 Å². The van der Waals surface area contributed by atoms with Crippen molar-refractivity contribution >= 4 is 17.2 Å². The van der Waals surface area contributed by atoms with Crippen molar-refractivity contribution in [2.75, 3.05) is 19.6 Å². The van der Waals surface area contributed by atoms with Crippen molar-refractivity contribution in [3.63, 3.8) is 0 Å². The molecule has 0 atom stereocenters. The van der Waals surface area contributed by atoms with Crippen molar-refractivity contribution in [3.05, 3.63) is 21.9 Å². The largest absolute Gasteiger partial charge is 0.350 e. The van der Waals surface area contributed by atoms with Crippen LogP contribution in [0.1, 0.15) is 42.9 Å². The Hall–Kier alpha value is -1.35. The van der Waals surface area contributed by atoms with Gasteiger partial charge in [-0.05, 0) is 39.1 Å². The SMILES string of the molecule is CC(C)N(CCNC(=O)c1sccc1C#CCN)C(C)C. The zero-order valence-electron chi connectivity index (χ0n) is 13.3. The normalized spacial score (nSPS) is 10.9. The Labute approximate surface area is 131 Å². The standard InChI is InChI=1S/C16H25N3OS/c1-12(2)19(13(3)4)10-9-18-16(20)15-14(6-5-8-17)7-11-21-15/h7,11-13H,8-10,17H2,1-4H3,(H,18,20). The lowest BCUT2D eigenvalue weighted by Crippen LogP contribution is -2.42. The Morgan fingerprint density at radius 1 is 1.38 bits per heavy atom. The number of amides is 1. The molecule has 1 aromatic rings. The molecule has 1 amide bonds. The van der Waals surface area contributed by atoms with Gasteiger partial charge in [0.25, 0.3) is 5.91 Å². The lowest BCUT2D eigenvalue weighted by atomic mass is 10.2. The molecule has 0 aromatic carbocycles. The topological polar surface area (TPSA) is 58.4 Å². The Morgan fingerprint density at radius 2 is 2.05 bits per heavy atom. The predicted octanol–water partition coefficient (Wildman–Crippen LogP) is 1.91. The summed E-state index contributed by atoms with van der Waals surface area (Å²) in [6, 6.07) is 2.79. The van der Waals surface area contributed by atoms with E-state index in [-0.39, 0.29) is 5.91 Å². The minimum absolute atomic E-state index is 0.0567. The van der Waals surface area contributed by atoms with Gasteiger partial charge in [0, 0.05) is 30.7 Å². The van der Waals surface area contributed by atoms with Crippen LogP contribution in [-0.4, -0.2) is 42.5 Å². The van der Waals surface area contributed by atoms with E-state index in [0.29, 0.717) is 30.1 Å². The second-order valence-corrected chi connectivity index (χ2v) is 6.27. The van der Waals surface area contributed by atoms with Gasteiger partial charge in [-0.1, -0.05) is 11.8 Å². The number of hydrogen-bond acceptors (Lipinski definition) is 4. The summed E-state index contributed by atoms with van der Waals surface area (Å²) in [5, 5.41) is 4.85. The van der Waals surface area contributed by atoms with Crippen LogP contribution in [-0.2, 0) is 0 Å². The van der Waals surface area contributed by atoms with Crippen LogP contribution < -0.4 is 11.1 Å². The van der Waals surface area contributed by atoms with Crippen molar-refractivity contribution < 1.29 is 4.79 Å². The average molecular weight is 307 g/mol. The first kappa shape index (κ1) is 17.7. The summed E-state index contributed by atoms with van der Waals surface area (Å²) in [5.74, 6) is 5.66. The molecule has 0 aliphatic rings. The number of carbonyl (C=O) groups excluding carboxylic acids is 1. The summed E-state index contributed by atoms with van der Waals surface area (Å²) in [7, 11) is 0. The summed E-state index contributed by atoms with van der Waals surface area (Å²) in [4.78, 5) is 15.2. The Morgan fingerprint density at radius 3 is 2.62 bits per heavy atom. The number of nitrogens with two attached hydrogens (primary N) is 1. The molecule has 1 rings (SSSR count). The van der Waals surface area contributed by atoms with E-state index in [2.05, 4.69) is 49.8 Å². The fraction of sp³-hybridized carbons (Fsp3) is 0.562. The lowest BCUT2D eigenvalue weighted by molar-refractivity contribution is 0.0943. The Kier molecular flexibility index (Phi) is 7.44. The molecule has 0 saturated heterocycles. The highest BCUT2D eigenvalue weighted by Crippen LogP contribution is 2.15. The van der Waals surface area contributed by atoms with Crippen LogP contribution in [0, 0.1) is 11.8 Å². The number of carbonyl (C=O) groups is 1. The number of hydrogen-bond donors (Lipinski definition) is 2.